The number of piperidine rings is 1. The Labute approximate surface area is 108 Å². The van der Waals surface area contributed by atoms with Crippen LogP contribution >= 0.6 is 0 Å². The summed E-state index contributed by atoms with van der Waals surface area (Å²) in [6.45, 7) is 2.42. The van der Waals surface area contributed by atoms with Crippen molar-refractivity contribution >= 4 is 5.91 Å². The first-order chi connectivity index (χ1) is 8.79. The third kappa shape index (κ3) is 3.53. The fourth-order valence-electron chi connectivity index (χ4n) is 2.44. The summed E-state index contributed by atoms with van der Waals surface area (Å²) in [7, 11) is 0. The lowest BCUT2D eigenvalue weighted by Crippen LogP contribution is -2.42. The molecule has 1 aromatic heterocycles. The molecule has 4 nitrogen and oxygen atoms in total. The second-order valence-electron chi connectivity index (χ2n) is 4.94. The molecule has 1 unspecified atom stereocenters. The molecule has 1 atom stereocenters. The van der Waals surface area contributed by atoms with Crippen molar-refractivity contribution < 1.29 is 4.79 Å². The van der Waals surface area contributed by atoms with E-state index in [-0.39, 0.29) is 5.91 Å². The molecule has 1 amide bonds. The number of rotatable bonds is 4. The topological polar surface area (TPSA) is 59.2 Å². The molecule has 2 rings (SSSR count). The molecule has 98 valence electrons. The van der Waals surface area contributed by atoms with Crippen LogP contribution in [0.5, 0.6) is 0 Å². The van der Waals surface area contributed by atoms with Crippen molar-refractivity contribution in [3.63, 3.8) is 0 Å². The van der Waals surface area contributed by atoms with Crippen LogP contribution in [0.15, 0.2) is 24.5 Å². The van der Waals surface area contributed by atoms with Crippen LogP contribution in [0.3, 0.4) is 0 Å². The summed E-state index contributed by atoms with van der Waals surface area (Å²) >= 11 is 0. The zero-order chi connectivity index (χ0) is 12.8. The predicted octanol–water partition coefficient (Wildman–Crippen LogP) is 1.21. The third-order valence-corrected chi connectivity index (χ3v) is 3.58. The van der Waals surface area contributed by atoms with Crippen LogP contribution in [0.1, 0.15) is 24.8 Å². The van der Waals surface area contributed by atoms with Crippen LogP contribution in [0.4, 0.5) is 0 Å². The van der Waals surface area contributed by atoms with Crippen molar-refractivity contribution in [1.82, 2.24) is 9.88 Å². The molecule has 18 heavy (non-hydrogen) atoms. The van der Waals surface area contributed by atoms with Crippen LogP contribution in [0.2, 0.25) is 0 Å². The fourth-order valence-corrected chi connectivity index (χ4v) is 2.44. The summed E-state index contributed by atoms with van der Waals surface area (Å²) in [6.07, 6.45) is 7.16. The number of carbonyl (C=O) groups excluding carboxylic acids is 1. The van der Waals surface area contributed by atoms with Gasteiger partial charge in [0.1, 0.15) is 0 Å². The molecule has 0 aromatic carbocycles. The van der Waals surface area contributed by atoms with Gasteiger partial charge in [0.25, 0.3) is 0 Å². The molecule has 1 saturated heterocycles. The van der Waals surface area contributed by atoms with Gasteiger partial charge < -0.3 is 10.6 Å². The summed E-state index contributed by atoms with van der Waals surface area (Å²) in [4.78, 5) is 18.1. The molecule has 1 aromatic rings. The number of nitrogens with zero attached hydrogens (tertiary/aromatic N) is 2. The molecule has 0 saturated carbocycles. The maximum absolute atomic E-state index is 12.1. The van der Waals surface area contributed by atoms with Crippen LogP contribution in [-0.2, 0) is 11.2 Å². The number of hydrogen-bond donors (Lipinski definition) is 1. The van der Waals surface area contributed by atoms with Crippen molar-refractivity contribution in [3.05, 3.63) is 30.1 Å². The Hall–Kier alpha value is -1.42. The van der Waals surface area contributed by atoms with Gasteiger partial charge in [-0.3, -0.25) is 9.78 Å². The van der Waals surface area contributed by atoms with Gasteiger partial charge in [-0.2, -0.15) is 0 Å². The number of aromatic nitrogens is 1. The van der Waals surface area contributed by atoms with Gasteiger partial charge in [-0.15, -0.1) is 0 Å². The van der Waals surface area contributed by atoms with Gasteiger partial charge in [0.2, 0.25) is 5.91 Å². The normalized spacial score (nSPS) is 19.8. The molecule has 0 spiro atoms. The Bertz CT molecular complexity index is 380. The van der Waals surface area contributed by atoms with Gasteiger partial charge in [-0.1, -0.05) is 0 Å². The first kappa shape index (κ1) is 13.0. The molecule has 2 N–H and O–H groups in total. The van der Waals surface area contributed by atoms with Gasteiger partial charge in [0.15, 0.2) is 0 Å². The molecule has 1 fully saturated rings. The lowest BCUT2D eigenvalue weighted by atomic mass is 9.98. The lowest BCUT2D eigenvalue weighted by Gasteiger charge is -2.32. The van der Waals surface area contributed by atoms with Crippen molar-refractivity contribution in [1.29, 1.82) is 0 Å². The average Bonchev–Trinajstić information content (AvgIpc) is 2.46. The van der Waals surface area contributed by atoms with Crippen LogP contribution in [0.25, 0.3) is 0 Å². The standard InChI is InChI=1S/C14H21N3O/c15-10-13-2-1-9-17(11-13)14(18)4-3-12-5-7-16-8-6-12/h5-8,13H,1-4,9-11,15H2. The SMILES string of the molecule is NCC1CCCN(C(=O)CCc2ccncc2)C1. The highest BCUT2D eigenvalue weighted by molar-refractivity contribution is 5.76. The second-order valence-corrected chi connectivity index (χ2v) is 4.94. The maximum Gasteiger partial charge on any atom is 0.222 e. The molecular weight excluding hydrogens is 226 g/mol. The van der Waals surface area contributed by atoms with E-state index in [2.05, 4.69) is 4.98 Å². The highest BCUT2D eigenvalue weighted by Gasteiger charge is 2.22. The largest absolute Gasteiger partial charge is 0.342 e. The van der Waals surface area contributed by atoms with E-state index in [0.717, 1.165) is 32.4 Å². The van der Waals surface area contributed by atoms with E-state index >= 15 is 0 Å². The highest BCUT2D eigenvalue weighted by atomic mass is 16.2. The van der Waals surface area contributed by atoms with Gasteiger partial charge in [-0.05, 0) is 49.4 Å². The summed E-state index contributed by atoms with van der Waals surface area (Å²) in [5, 5.41) is 0. The van der Waals surface area contributed by atoms with E-state index in [9.17, 15) is 4.79 Å². The van der Waals surface area contributed by atoms with E-state index in [1.807, 2.05) is 17.0 Å². The molecule has 1 aliphatic rings. The molecule has 0 bridgehead atoms. The Morgan fingerprint density at radius 2 is 2.22 bits per heavy atom. The quantitative estimate of drug-likeness (QED) is 0.870. The van der Waals surface area contributed by atoms with Crippen molar-refractivity contribution in [2.45, 2.75) is 25.7 Å². The number of pyridine rings is 1. The summed E-state index contributed by atoms with van der Waals surface area (Å²) in [6, 6.07) is 3.93. The van der Waals surface area contributed by atoms with Crippen molar-refractivity contribution in [2.75, 3.05) is 19.6 Å². The third-order valence-electron chi connectivity index (χ3n) is 3.58. The van der Waals surface area contributed by atoms with Crippen LogP contribution < -0.4 is 5.73 Å². The summed E-state index contributed by atoms with van der Waals surface area (Å²) in [5.74, 6) is 0.744. The number of amides is 1. The Morgan fingerprint density at radius 3 is 2.94 bits per heavy atom. The van der Waals surface area contributed by atoms with Crippen molar-refractivity contribution in [2.24, 2.45) is 11.7 Å². The first-order valence-electron chi connectivity index (χ1n) is 6.66. The van der Waals surface area contributed by atoms with E-state index in [0.29, 0.717) is 18.9 Å². The molecule has 0 aliphatic carbocycles. The average molecular weight is 247 g/mol. The van der Waals surface area contributed by atoms with Gasteiger partial charge in [0.05, 0.1) is 0 Å². The molecule has 1 aliphatic heterocycles. The maximum atomic E-state index is 12.1. The Morgan fingerprint density at radius 1 is 1.44 bits per heavy atom. The number of carbonyl (C=O) groups is 1. The van der Waals surface area contributed by atoms with Crippen LogP contribution in [0, 0.1) is 5.92 Å². The minimum absolute atomic E-state index is 0.255. The molecular formula is C14H21N3O. The molecule has 2 heterocycles. The fraction of sp³-hybridized carbons (Fsp3) is 0.571. The number of likely N-dealkylation sites (tertiary alicyclic amines) is 1. The zero-order valence-corrected chi connectivity index (χ0v) is 10.7. The first-order valence-corrected chi connectivity index (χ1v) is 6.66. The zero-order valence-electron chi connectivity index (χ0n) is 10.7. The highest BCUT2D eigenvalue weighted by Crippen LogP contribution is 2.16. The van der Waals surface area contributed by atoms with E-state index < -0.39 is 0 Å². The smallest absolute Gasteiger partial charge is 0.222 e. The minimum atomic E-state index is 0.255. The van der Waals surface area contributed by atoms with E-state index in [1.54, 1.807) is 12.4 Å². The Kier molecular flexibility index (Phi) is 4.70. The second kappa shape index (κ2) is 6.50. The number of nitrogens with two attached hydrogens (primary N) is 1. The molecule has 4 heteroatoms. The minimum Gasteiger partial charge on any atom is -0.342 e. The van der Waals surface area contributed by atoms with Gasteiger partial charge >= 0.3 is 0 Å². The van der Waals surface area contributed by atoms with Crippen molar-refractivity contribution in [3.8, 4) is 0 Å². The van der Waals surface area contributed by atoms with E-state index in [4.69, 9.17) is 5.73 Å². The number of hydrogen-bond acceptors (Lipinski definition) is 3. The summed E-state index contributed by atoms with van der Waals surface area (Å²) < 4.78 is 0. The lowest BCUT2D eigenvalue weighted by molar-refractivity contribution is -0.132. The van der Waals surface area contributed by atoms with E-state index in [1.165, 1.54) is 5.56 Å². The van der Waals surface area contributed by atoms with Gasteiger partial charge in [0, 0.05) is 31.9 Å². The Balaban J connectivity index is 1.81. The monoisotopic (exact) mass is 247 g/mol. The van der Waals surface area contributed by atoms with Crippen LogP contribution in [-0.4, -0.2) is 35.4 Å². The number of aryl methyl sites for hydroxylation is 1. The predicted molar refractivity (Wildman–Crippen MR) is 70.9 cm³/mol. The molecule has 0 radical (unpaired) electrons. The summed E-state index contributed by atoms with van der Waals surface area (Å²) in [5.41, 5.74) is 6.86. The van der Waals surface area contributed by atoms with Gasteiger partial charge in [-0.25, -0.2) is 0 Å².